The quantitative estimate of drug-likeness (QED) is 0.455. The smallest absolute Gasteiger partial charge is 0.331 e. The predicted molar refractivity (Wildman–Crippen MR) is 91.2 cm³/mol. The van der Waals surface area contributed by atoms with Crippen molar-refractivity contribution in [3.63, 3.8) is 0 Å². The molecule has 7 heteroatoms. The number of halogens is 1. The number of furan rings is 1. The summed E-state index contributed by atoms with van der Waals surface area (Å²) in [5.74, 6) is -0.680. The van der Waals surface area contributed by atoms with E-state index in [1.807, 2.05) is 28.7 Å². The van der Waals surface area contributed by atoms with Gasteiger partial charge in [0.25, 0.3) is 5.91 Å². The molecule has 2 rings (SSSR count). The minimum absolute atomic E-state index is 0.333. The van der Waals surface area contributed by atoms with Crippen molar-refractivity contribution in [2.45, 2.75) is 0 Å². The second-order valence-corrected chi connectivity index (χ2v) is 5.35. The first kappa shape index (κ1) is 16.8. The maximum atomic E-state index is 11.7. The number of carbonyl (C=O) groups excluding carboxylic acids is 2. The van der Waals surface area contributed by atoms with Gasteiger partial charge in [-0.2, -0.15) is 5.26 Å². The van der Waals surface area contributed by atoms with Crippen LogP contribution in [0.3, 0.4) is 0 Å². The summed E-state index contributed by atoms with van der Waals surface area (Å²) in [5.41, 5.74) is 0.705. The topological polar surface area (TPSA) is 92.3 Å². The third-order valence-electron chi connectivity index (χ3n) is 2.64. The molecule has 0 aliphatic heterocycles. The van der Waals surface area contributed by atoms with Gasteiger partial charge in [-0.1, -0.05) is 12.1 Å². The molecule has 0 saturated heterocycles. The Hall–Kier alpha value is -2.60. The van der Waals surface area contributed by atoms with E-state index < -0.39 is 18.5 Å². The van der Waals surface area contributed by atoms with Gasteiger partial charge in [0.2, 0.25) is 0 Å². The third-order valence-corrected chi connectivity index (χ3v) is 3.22. The Morgan fingerprint density at radius 1 is 1.30 bits per heavy atom. The molecule has 1 N–H and O–H groups in total. The number of nitrogens with zero attached hydrogens (tertiary/aromatic N) is 1. The fourth-order valence-corrected chi connectivity index (χ4v) is 2.06. The van der Waals surface area contributed by atoms with E-state index in [0.717, 1.165) is 0 Å². The van der Waals surface area contributed by atoms with Crippen molar-refractivity contribution in [2.24, 2.45) is 0 Å². The molecule has 1 heterocycles. The van der Waals surface area contributed by atoms with Crippen LogP contribution in [0.5, 0.6) is 0 Å². The molecule has 0 radical (unpaired) electrons. The fraction of sp³-hybridized carbons (Fsp3) is 0.0625. The molecule has 0 unspecified atom stereocenters. The zero-order chi connectivity index (χ0) is 16.7. The first-order valence-electron chi connectivity index (χ1n) is 6.47. The molecule has 0 atom stereocenters. The Morgan fingerprint density at radius 2 is 2.09 bits per heavy atom. The van der Waals surface area contributed by atoms with E-state index in [0.29, 0.717) is 20.8 Å². The van der Waals surface area contributed by atoms with Crippen LogP contribution in [-0.4, -0.2) is 18.5 Å². The highest BCUT2D eigenvalue weighted by atomic mass is 127. The van der Waals surface area contributed by atoms with Gasteiger partial charge in [-0.3, -0.25) is 4.79 Å². The van der Waals surface area contributed by atoms with Gasteiger partial charge in [-0.05, 0) is 52.9 Å². The average molecular weight is 422 g/mol. The summed E-state index contributed by atoms with van der Waals surface area (Å²) in [7, 11) is 0. The number of esters is 1. The lowest BCUT2D eigenvalue weighted by molar-refractivity contribution is -0.142. The minimum atomic E-state index is -0.667. The number of ether oxygens (including phenoxy) is 1. The lowest BCUT2D eigenvalue weighted by Gasteiger charge is -2.06. The van der Waals surface area contributed by atoms with Crippen LogP contribution < -0.4 is 5.32 Å². The summed E-state index contributed by atoms with van der Waals surface area (Å²) in [5, 5.41) is 11.4. The van der Waals surface area contributed by atoms with Crippen LogP contribution in [0.1, 0.15) is 11.3 Å². The van der Waals surface area contributed by atoms with Gasteiger partial charge in [-0.15, -0.1) is 0 Å². The van der Waals surface area contributed by atoms with Crippen LogP contribution in [0, 0.1) is 15.1 Å². The van der Waals surface area contributed by atoms with Crippen LogP contribution in [0.2, 0.25) is 0 Å². The molecular weight excluding hydrogens is 411 g/mol. The van der Waals surface area contributed by atoms with E-state index in [2.05, 4.69) is 5.32 Å². The molecule has 1 aromatic carbocycles. The van der Waals surface area contributed by atoms with Crippen LogP contribution in [0.25, 0.3) is 6.08 Å². The molecule has 0 saturated carbocycles. The van der Waals surface area contributed by atoms with Crippen LogP contribution in [-0.2, 0) is 14.3 Å². The highest BCUT2D eigenvalue weighted by molar-refractivity contribution is 14.1. The molecule has 116 valence electrons. The number of amides is 1. The lowest BCUT2D eigenvalue weighted by atomic mass is 10.2. The first-order valence-corrected chi connectivity index (χ1v) is 7.55. The maximum Gasteiger partial charge on any atom is 0.331 e. The molecule has 6 nitrogen and oxygen atoms in total. The lowest BCUT2D eigenvalue weighted by Crippen LogP contribution is -2.20. The fourth-order valence-electron chi connectivity index (χ4n) is 1.63. The van der Waals surface area contributed by atoms with Crippen molar-refractivity contribution in [1.82, 2.24) is 0 Å². The van der Waals surface area contributed by atoms with Crippen molar-refractivity contribution in [1.29, 1.82) is 5.26 Å². The number of benzene rings is 1. The van der Waals surface area contributed by atoms with Crippen LogP contribution in [0.4, 0.5) is 5.69 Å². The molecule has 23 heavy (non-hydrogen) atoms. The van der Waals surface area contributed by atoms with Crippen molar-refractivity contribution >= 4 is 46.2 Å². The van der Waals surface area contributed by atoms with Gasteiger partial charge in [0.05, 0.1) is 11.3 Å². The number of para-hydroxylation sites is 1. The molecule has 0 bridgehead atoms. The Kier molecular flexibility index (Phi) is 5.94. The molecule has 1 aromatic heterocycles. The van der Waals surface area contributed by atoms with Gasteiger partial charge in [0, 0.05) is 6.08 Å². The van der Waals surface area contributed by atoms with E-state index in [9.17, 15) is 9.59 Å². The second kappa shape index (κ2) is 8.14. The number of rotatable bonds is 5. The maximum absolute atomic E-state index is 11.7. The van der Waals surface area contributed by atoms with E-state index in [4.69, 9.17) is 14.4 Å². The van der Waals surface area contributed by atoms with Gasteiger partial charge >= 0.3 is 5.97 Å². The SMILES string of the molecule is N#Cc1ccccc1NC(=O)COC(=O)C=Cc1ccc(I)o1. The van der Waals surface area contributed by atoms with Crippen molar-refractivity contribution in [3.8, 4) is 6.07 Å². The molecule has 1 amide bonds. The summed E-state index contributed by atoms with van der Waals surface area (Å²) < 4.78 is 10.8. The summed E-state index contributed by atoms with van der Waals surface area (Å²) in [6, 6.07) is 12.0. The summed E-state index contributed by atoms with van der Waals surface area (Å²) in [6.07, 6.45) is 2.62. The molecule has 2 aromatic rings. The monoisotopic (exact) mass is 422 g/mol. The van der Waals surface area contributed by atoms with E-state index >= 15 is 0 Å². The Bertz CT molecular complexity index is 789. The zero-order valence-corrected chi connectivity index (χ0v) is 13.9. The standard InChI is InChI=1S/C16H11IN2O4/c17-14-7-5-12(23-14)6-8-16(21)22-10-15(20)19-13-4-2-1-3-11(13)9-18/h1-8H,10H2,(H,19,20). The van der Waals surface area contributed by atoms with Gasteiger partial charge in [-0.25, -0.2) is 4.79 Å². The van der Waals surface area contributed by atoms with Crippen molar-refractivity contribution in [3.05, 3.63) is 57.6 Å². The van der Waals surface area contributed by atoms with Gasteiger partial charge in [0.1, 0.15) is 11.8 Å². The molecule has 0 fully saturated rings. The molecule has 0 spiro atoms. The summed E-state index contributed by atoms with van der Waals surface area (Å²) in [4.78, 5) is 23.2. The predicted octanol–water partition coefficient (Wildman–Crippen LogP) is 2.95. The number of nitriles is 1. The largest absolute Gasteiger partial charge is 0.452 e. The number of carbonyl (C=O) groups is 2. The van der Waals surface area contributed by atoms with Gasteiger partial charge < -0.3 is 14.5 Å². The molecular formula is C16H11IN2O4. The van der Waals surface area contributed by atoms with Gasteiger partial charge in [0.15, 0.2) is 10.4 Å². The van der Waals surface area contributed by atoms with Crippen LogP contribution >= 0.6 is 22.6 Å². The van der Waals surface area contributed by atoms with E-state index in [1.54, 1.807) is 36.4 Å². The Morgan fingerprint density at radius 3 is 2.78 bits per heavy atom. The highest BCUT2D eigenvalue weighted by Crippen LogP contribution is 2.13. The number of nitrogens with one attached hydrogen (secondary N) is 1. The first-order chi connectivity index (χ1) is 11.1. The second-order valence-electron chi connectivity index (χ2n) is 4.29. The molecule has 0 aliphatic rings. The van der Waals surface area contributed by atoms with Crippen molar-refractivity contribution < 1.29 is 18.7 Å². The molecule has 0 aliphatic carbocycles. The highest BCUT2D eigenvalue weighted by Gasteiger charge is 2.08. The zero-order valence-electron chi connectivity index (χ0n) is 11.8. The summed E-state index contributed by atoms with van der Waals surface area (Å²) in [6.45, 7) is -0.446. The Labute approximate surface area is 145 Å². The average Bonchev–Trinajstić information content (AvgIpc) is 2.97. The number of anilines is 1. The normalized spacial score (nSPS) is 10.3. The van der Waals surface area contributed by atoms with Crippen LogP contribution in [0.15, 0.2) is 46.9 Å². The Balaban J connectivity index is 1.83. The minimum Gasteiger partial charge on any atom is -0.452 e. The van der Waals surface area contributed by atoms with E-state index in [1.165, 1.54) is 12.2 Å². The summed E-state index contributed by atoms with van der Waals surface area (Å²) >= 11 is 2.01. The third kappa shape index (κ3) is 5.27. The van der Waals surface area contributed by atoms with E-state index in [-0.39, 0.29) is 0 Å². The number of hydrogen-bond acceptors (Lipinski definition) is 5. The number of hydrogen-bond donors (Lipinski definition) is 1. The van der Waals surface area contributed by atoms with Crippen molar-refractivity contribution in [2.75, 3.05) is 11.9 Å².